The molecule has 0 unspecified atom stereocenters. The minimum absolute atomic E-state index is 0.603. The Labute approximate surface area is 213 Å². The molecule has 1 aliphatic rings. The highest BCUT2D eigenvalue weighted by atomic mass is 16.5. The number of piperidine rings is 1. The molecule has 0 atom stereocenters. The Kier molecular flexibility index (Phi) is 7.67. The van der Waals surface area contributed by atoms with Crippen LogP contribution in [0.15, 0.2) is 54.7 Å². The Morgan fingerprint density at radius 2 is 1.78 bits per heavy atom. The number of aromatic nitrogens is 3. The molecular weight excluding hydrogens is 448 g/mol. The van der Waals surface area contributed by atoms with Crippen LogP contribution in [0.3, 0.4) is 0 Å². The summed E-state index contributed by atoms with van der Waals surface area (Å²) in [5.41, 5.74) is 5.92. The van der Waals surface area contributed by atoms with Crippen LogP contribution in [-0.4, -0.2) is 48.3 Å². The van der Waals surface area contributed by atoms with E-state index in [4.69, 9.17) is 14.7 Å². The summed E-state index contributed by atoms with van der Waals surface area (Å²) < 4.78 is 5.24. The van der Waals surface area contributed by atoms with Gasteiger partial charge < -0.3 is 25.3 Å². The second kappa shape index (κ2) is 11.4. The van der Waals surface area contributed by atoms with Gasteiger partial charge >= 0.3 is 0 Å². The number of aryl methyl sites for hydroxylation is 2. The summed E-state index contributed by atoms with van der Waals surface area (Å²) in [6.45, 7) is 5.42. The highest BCUT2D eigenvalue weighted by molar-refractivity contribution is 5.83. The molecular formula is C29H36N6O. The lowest BCUT2D eigenvalue weighted by Crippen LogP contribution is -2.32. The van der Waals surface area contributed by atoms with Crippen LogP contribution in [0, 0.1) is 6.92 Å². The van der Waals surface area contributed by atoms with Gasteiger partial charge in [-0.1, -0.05) is 35.9 Å². The first-order valence-electron chi connectivity index (χ1n) is 13.0. The molecule has 2 aromatic heterocycles. The van der Waals surface area contributed by atoms with Crippen molar-refractivity contribution >= 4 is 34.2 Å². The number of nitrogens with zero attached hydrogens (tertiary/aromatic N) is 3. The van der Waals surface area contributed by atoms with Gasteiger partial charge in [-0.25, -0.2) is 0 Å². The van der Waals surface area contributed by atoms with Crippen molar-refractivity contribution in [1.29, 1.82) is 0 Å². The van der Waals surface area contributed by atoms with Crippen LogP contribution in [0.5, 0.6) is 0 Å². The summed E-state index contributed by atoms with van der Waals surface area (Å²) in [6.07, 6.45) is 7.56. The van der Waals surface area contributed by atoms with E-state index in [0.29, 0.717) is 19.1 Å². The molecule has 0 bridgehead atoms. The van der Waals surface area contributed by atoms with Crippen LogP contribution in [-0.2, 0) is 17.6 Å². The van der Waals surface area contributed by atoms with Gasteiger partial charge in [-0.2, -0.15) is 9.97 Å². The molecule has 0 amide bonds. The summed E-state index contributed by atoms with van der Waals surface area (Å²) in [5, 5.41) is 8.26. The first-order valence-corrected chi connectivity index (χ1v) is 13.0. The first-order chi connectivity index (χ1) is 17.7. The number of ether oxygens (including phenoxy) is 1. The topological polar surface area (TPSA) is 78.1 Å². The number of hydrogen-bond donors (Lipinski definition) is 3. The highest BCUT2D eigenvalue weighted by Gasteiger charge is 2.22. The summed E-state index contributed by atoms with van der Waals surface area (Å²) in [6, 6.07) is 17.0. The minimum Gasteiger partial charge on any atom is -0.383 e. The van der Waals surface area contributed by atoms with Gasteiger partial charge in [0.1, 0.15) is 11.6 Å². The predicted molar refractivity (Wildman–Crippen MR) is 149 cm³/mol. The largest absolute Gasteiger partial charge is 0.383 e. The number of aromatic amines is 1. The minimum atomic E-state index is 0.603. The molecule has 5 rings (SSSR count). The molecule has 0 saturated carbocycles. The lowest BCUT2D eigenvalue weighted by atomic mass is 10.0. The Balaban J connectivity index is 1.52. The predicted octanol–water partition coefficient (Wildman–Crippen LogP) is 5.84. The fraction of sp³-hybridized carbons (Fsp3) is 0.379. The average Bonchev–Trinajstić information content (AvgIpc) is 3.33. The van der Waals surface area contributed by atoms with Crippen LogP contribution in [0.1, 0.15) is 36.0 Å². The standard InChI is InChI=1S/C29H36N6O/c1-21-10-13-23(14-11-21)32-27-25(15-12-22-20-31-26-9-5-4-8-24(22)26)28(35-17-6-3-7-18-35)34-29(33-27)30-16-19-36-2/h4-5,8-11,13-14,20,31H,3,6-7,12,15-19H2,1-2H3,(H2,30,32,33,34). The Morgan fingerprint density at radius 3 is 2.58 bits per heavy atom. The third-order valence-electron chi connectivity index (χ3n) is 6.86. The number of anilines is 4. The normalized spacial score (nSPS) is 13.8. The summed E-state index contributed by atoms with van der Waals surface area (Å²) >= 11 is 0. The molecule has 3 heterocycles. The van der Waals surface area contributed by atoms with Crippen molar-refractivity contribution in [2.45, 2.75) is 39.0 Å². The van der Waals surface area contributed by atoms with Gasteiger partial charge in [-0.3, -0.25) is 0 Å². The van der Waals surface area contributed by atoms with E-state index in [1.807, 2.05) is 0 Å². The number of H-pyrrole nitrogens is 1. The zero-order chi connectivity index (χ0) is 24.7. The van der Waals surface area contributed by atoms with Crippen LogP contribution in [0.4, 0.5) is 23.3 Å². The third-order valence-corrected chi connectivity index (χ3v) is 6.86. The Bertz CT molecular complexity index is 1280. The molecule has 1 fully saturated rings. The molecule has 3 N–H and O–H groups in total. The second-order valence-electron chi connectivity index (χ2n) is 9.52. The fourth-order valence-electron chi connectivity index (χ4n) is 4.89. The van der Waals surface area contributed by atoms with Crippen molar-refractivity contribution < 1.29 is 4.74 Å². The van der Waals surface area contributed by atoms with Crippen molar-refractivity contribution in [3.05, 3.63) is 71.4 Å². The van der Waals surface area contributed by atoms with Crippen molar-refractivity contribution in [3.63, 3.8) is 0 Å². The van der Waals surface area contributed by atoms with Crippen molar-refractivity contribution in [2.24, 2.45) is 0 Å². The molecule has 0 radical (unpaired) electrons. The maximum Gasteiger partial charge on any atom is 0.226 e. The van der Waals surface area contributed by atoms with Crippen molar-refractivity contribution in [1.82, 2.24) is 15.0 Å². The van der Waals surface area contributed by atoms with Crippen molar-refractivity contribution in [2.75, 3.05) is 48.9 Å². The van der Waals surface area contributed by atoms with Gasteiger partial charge in [0.2, 0.25) is 5.95 Å². The van der Waals surface area contributed by atoms with E-state index in [1.165, 1.54) is 46.9 Å². The Morgan fingerprint density at radius 1 is 0.972 bits per heavy atom. The van der Waals surface area contributed by atoms with E-state index in [9.17, 15) is 0 Å². The van der Waals surface area contributed by atoms with Gasteiger partial charge in [0, 0.05) is 55.1 Å². The highest BCUT2D eigenvalue weighted by Crippen LogP contribution is 2.32. The van der Waals surface area contributed by atoms with Crippen LogP contribution in [0.2, 0.25) is 0 Å². The zero-order valence-corrected chi connectivity index (χ0v) is 21.3. The summed E-state index contributed by atoms with van der Waals surface area (Å²) in [7, 11) is 1.71. The molecule has 36 heavy (non-hydrogen) atoms. The van der Waals surface area contributed by atoms with Gasteiger partial charge in [-0.15, -0.1) is 0 Å². The molecule has 1 saturated heterocycles. The molecule has 7 nitrogen and oxygen atoms in total. The third kappa shape index (κ3) is 5.62. The molecule has 1 aliphatic heterocycles. The number of nitrogens with one attached hydrogen (secondary N) is 3. The molecule has 4 aromatic rings. The Hall–Kier alpha value is -3.58. The maximum absolute atomic E-state index is 5.24. The average molecular weight is 485 g/mol. The monoisotopic (exact) mass is 484 g/mol. The fourth-order valence-corrected chi connectivity index (χ4v) is 4.89. The lowest BCUT2D eigenvalue weighted by molar-refractivity contribution is 0.210. The van der Waals surface area contributed by atoms with Crippen LogP contribution < -0.4 is 15.5 Å². The number of rotatable bonds is 10. The van der Waals surface area contributed by atoms with Gasteiger partial charge in [0.05, 0.1) is 6.61 Å². The molecule has 0 aliphatic carbocycles. The molecule has 188 valence electrons. The van der Waals surface area contributed by atoms with E-state index in [2.05, 4.69) is 82.2 Å². The zero-order valence-electron chi connectivity index (χ0n) is 21.3. The number of benzene rings is 2. The molecule has 2 aromatic carbocycles. The quantitative estimate of drug-likeness (QED) is 0.245. The number of methoxy groups -OCH3 is 1. The van der Waals surface area contributed by atoms with Crippen LogP contribution >= 0.6 is 0 Å². The van der Waals surface area contributed by atoms with Gasteiger partial charge in [0.25, 0.3) is 0 Å². The van der Waals surface area contributed by atoms with Gasteiger partial charge in [0.15, 0.2) is 0 Å². The number of fused-ring (bicyclic) bond motifs is 1. The summed E-state index contributed by atoms with van der Waals surface area (Å²) in [5.74, 6) is 2.55. The van der Waals surface area contributed by atoms with E-state index < -0.39 is 0 Å². The SMILES string of the molecule is COCCNc1nc(Nc2ccc(C)cc2)c(CCc2c[nH]c3ccccc23)c(N2CCCCC2)n1. The van der Waals surface area contributed by atoms with Crippen LogP contribution in [0.25, 0.3) is 10.9 Å². The molecule has 0 spiro atoms. The second-order valence-corrected chi connectivity index (χ2v) is 9.52. The smallest absolute Gasteiger partial charge is 0.226 e. The number of para-hydroxylation sites is 1. The van der Waals surface area contributed by atoms with E-state index in [-0.39, 0.29) is 0 Å². The first kappa shape index (κ1) is 24.1. The maximum atomic E-state index is 5.24. The van der Waals surface area contributed by atoms with Crippen molar-refractivity contribution in [3.8, 4) is 0 Å². The molecule has 7 heteroatoms. The van der Waals surface area contributed by atoms with E-state index in [0.717, 1.165) is 43.3 Å². The van der Waals surface area contributed by atoms with E-state index in [1.54, 1.807) is 7.11 Å². The number of hydrogen-bond acceptors (Lipinski definition) is 6. The summed E-state index contributed by atoms with van der Waals surface area (Å²) in [4.78, 5) is 15.9. The van der Waals surface area contributed by atoms with Gasteiger partial charge in [-0.05, 0) is 62.8 Å². The lowest BCUT2D eigenvalue weighted by Gasteiger charge is -2.30. The van der Waals surface area contributed by atoms with E-state index >= 15 is 0 Å².